The van der Waals surface area contributed by atoms with Crippen molar-refractivity contribution in [3.05, 3.63) is 59.4 Å². The molecule has 2 aromatic heterocycles. The van der Waals surface area contributed by atoms with Crippen LogP contribution in [0.1, 0.15) is 5.69 Å². The summed E-state index contributed by atoms with van der Waals surface area (Å²) in [6.07, 6.45) is 0. The van der Waals surface area contributed by atoms with E-state index >= 15 is 0 Å². The molecule has 2 N–H and O–H groups in total. The first kappa shape index (κ1) is 12.1. The smallest absolute Gasteiger partial charge is 0.123 e. The van der Waals surface area contributed by atoms with Gasteiger partial charge in [-0.3, -0.25) is 0 Å². The third-order valence-corrected chi connectivity index (χ3v) is 3.71. The fourth-order valence-electron chi connectivity index (χ4n) is 1.91. The summed E-state index contributed by atoms with van der Waals surface area (Å²) in [5.74, 6) is -0.257. The van der Waals surface area contributed by atoms with Crippen molar-refractivity contribution in [2.24, 2.45) is 5.73 Å². The Labute approximate surface area is 114 Å². The van der Waals surface area contributed by atoms with E-state index in [0.29, 0.717) is 6.54 Å². The maximum atomic E-state index is 13.0. The van der Waals surface area contributed by atoms with E-state index in [4.69, 9.17) is 5.73 Å². The third-order valence-electron chi connectivity index (χ3n) is 2.81. The number of thiophene rings is 1. The van der Waals surface area contributed by atoms with Crippen molar-refractivity contribution in [1.82, 2.24) is 9.78 Å². The largest absolute Gasteiger partial charge is 0.325 e. The SMILES string of the molecule is NCc1cc(-c2cccs2)n(-c2ccc(F)cc2)n1. The zero-order chi connectivity index (χ0) is 13.2. The minimum absolute atomic E-state index is 0.257. The van der Waals surface area contributed by atoms with Crippen LogP contribution in [0, 0.1) is 5.82 Å². The molecule has 0 aliphatic heterocycles. The molecule has 0 atom stereocenters. The van der Waals surface area contributed by atoms with Gasteiger partial charge in [0.25, 0.3) is 0 Å². The molecule has 0 spiro atoms. The summed E-state index contributed by atoms with van der Waals surface area (Å²) in [5.41, 5.74) is 8.27. The normalized spacial score (nSPS) is 10.8. The molecule has 0 saturated carbocycles. The number of benzene rings is 1. The summed E-state index contributed by atoms with van der Waals surface area (Å²) in [6.45, 7) is 0.382. The number of nitrogens with two attached hydrogens (primary N) is 1. The summed E-state index contributed by atoms with van der Waals surface area (Å²) < 4.78 is 14.8. The molecule has 5 heteroatoms. The van der Waals surface area contributed by atoms with Crippen LogP contribution in [0.25, 0.3) is 16.3 Å². The molecule has 3 nitrogen and oxygen atoms in total. The lowest BCUT2D eigenvalue weighted by atomic mass is 10.2. The molecule has 0 unspecified atom stereocenters. The number of nitrogens with zero attached hydrogens (tertiary/aromatic N) is 2. The molecule has 1 aromatic carbocycles. The first-order valence-corrected chi connectivity index (χ1v) is 6.75. The second-order valence-corrected chi connectivity index (χ2v) is 5.04. The van der Waals surface area contributed by atoms with Crippen LogP contribution in [0.3, 0.4) is 0 Å². The van der Waals surface area contributed by atoms with Crippen LogP contribution >= 0.6 is 11.3 Å². The Morgan fingerprint density at radius 3 is 2.63 bits per heavy atom. The van der Waals surface area contributed by atoms with Gasteiger partial charge in [-0.2, -0.15) is 5.10 Å². The number of aromatic nitrogens is 2. The number of hydrogen-bond donors (Lipinski definition) is 1. The monoisotopic (exact) mass is 273 g/mol. The second-order valence-electron chi connectivity index (χ2n) is 4.09. The predicted octanol–water partition coefficient (Wildman–Crippen LogP) is 3.20. The lowest BCUT2D eigenvalue weighted by Crippen LogP contribution is -2.01. The topological polar surface area (TPSA) is 43.8 Å². The van der Waals surface area contributed by atoms with E-state index in [0.717, 1.165) is 22.0 Å². The number of rotatable bonds is 3. The molecule has 0 saturated heterocycles. The molecule has 96 valence electrons. The van der Waals surface area contributed by atoms with E-state index in [1.165, 1.54) is 12.1 Å². The summed E-state index contributed by atoms with van der Waals surface area (Å²) in [4.78, 5) is 1.11. The van der Waals surface area contributed by atoms with Crippen LogP contribution < -0.4 is 5.73 Å². The van der Waals surface area contributed by atoms with E-state index in [1.54, 1.807) is 28.2 Å². The minimum Gasteiger partial charge on any atom is -0.325 e. The molecule has 0 amide bonds. The van der Waals surface area contributed by atoms with Crippen LogP contribution in [-0.4, -0.2) is 9.78 Å². The lowest BCUT2D eigenvalue weighted by molar-refractivity contribution is 0.627. The first-order chi connectivity index (χ1) is 9.28. The van der Waals surface area contributed by atoms with E-state index in [2.05, 4.69) is 5.10 Å². The molecule has 19 heavy (non-hydrogen) atoms. The van der Waals surface area contributed by atoms with Gasteiger partial charge in [0.15, 0.2) is 0 Å². The Kier molecular flexibility index (Phi) is 3.15. The van der Waals surface area contributed by atoms with Crippen molar-refractivity contribution in [1.29, 1.82) is 0 Å². The molecule has 2 heterocycles. The van der Waals surface area contributed by atoms with Gasteiger partial charge in [0.1, 0.15) is 5.82 Å². The van der Waals surface area contributed by atoms with Crippen molar-refractivity contribution >= 4 is 11.3 Å². The molecule has 0 aliphatic carbocycles. The summed E-state index contributed by atoms with van der Waals surface area (Å²) in [5, 5.41) is 6.47. The Morgan fingerprint density at radius 1 is 1.21 bits per heavy atom. The standard InChI is InChI=1S/C14H12FN3S/c15-10-3-5-12(6-4-10)18-13(8-11(9-16)17-18)14-2-1-7-19-14/h1-8H,9,16H2. The molecule has 3 rings (SSSR count). The van der Waals surface area contributed by atoms with Gasteiger partial charge in [-0.1, -0.05) is 6.07 Å². The highest BCUT2D eigenvalue weighted by molar-refractivity contribution is 7.13. The molecular weight excluding hydrogens is 261 g/mol. The maximum Gasteiger partial charge on any atom is 0.123 e. The molecular formula is C14H12FN3S. The van der Waals surface area contributed by atoms with E-state index in [-0.39, 0.29) is 5.82 Å². The highest BCUT2D eigenvalue weighted by Crippen LogP contribution is 2.27. The van der Waals surface area contributed by atoms with Gasteiger partial charge in [0, 0.05) is 6.54 Å². The molecule has 0 radical (unpaired) electrons. The Morgan fingerprint density at radius 2 is 2.00 bits per heavy atom. The molecule has 0 fully saturated rings. The fraction of sp³-hybridized carbons (Fsp3) is 0.0714. The first-order valence-electron chi connectivity index (χ1n) is 5.87. The van der Waals surface area contributed by atoms with Crippen LogP contribution in [0.15, 0.2) is 47.8 Å². The zero-order valence-electron chi connectivity index (χ0n) is 10.1. The average Bonchev–Trinajstić information content (AvgIpc) is 3.08. The average molecular weight is 273 g/mol. The van der Waals surface area contributed by atoms with Crippen LogP contribution in [0.2, 0.25) is 0 Å². The van der Waals surface area contributed by atoms with E-state index in [1.807, 2.05) is 23.6 Å². The van der Waals surface area contributed by atoms with Crippen molar-refractivity contribution in [3.8, 4) is 16.3 Å². The van der Waals surface area contributed by atoms with Gasteiger partial charge >= 0.3 is 0 Å². The Hall–Kier alpha value is -1.98. The molecule has 3 aromatic rings. The highest BCUT2D eigenvalue weighted by Gasteiger charge is 2.11. The zero-order valence-corrected chi connectivity index (χ0v) is 10.9. The van der Waals surface area contributed by atoms with Crippen LogP contribution in [0.4, 0.5) is 4.39 Å². The predicted molar refractivity (Wildman–Crippen MR) is 74.7 cm³/mol. The van der Waals surface area contributed by atoms with Gasteiger partial charge < -0.3 is 5.73 Å². The van der Waals surface area contributed by atoms with Gasteiger partial charge in [-0.15, -0.1) is 11.3 Å². The highest BCUT2D eigenvalue weighted by atomic mass is 32.1. The van der Waals surface area contributed by atoms with Crippen molar-refractivity contribution in [2.75, 3.05) is 0 Å². The Balaban J connectivity index is 2.14. The lowest BCUT2D eigenvalue weighted by Gasteiger charge is -2.05. The number of hydrogen-bond acceptors (Lipinski definition) is 3. The van der Waals surface area contributed by atoms with Crippen molar-refractivity contribution in [2.45, 2.75) is 6.54 Å². The molecule has 0 bridgehead atoms. The third kappa shape index (κ3) is 2.30. The Bertz CT molecular complexity index is 671. The second kappa shape index (κ2) is 4.95. The summed E-state index contributed by atoms with van der Waals surface area (Å²) in [7, 11) is 0. The van der Waals surface area contributed by atoms with Crippen molar-refractivity contribution < 1.29 is 4.39 Å². The minimum atomic E-state index is -0.257. The van der Waals surface area contributed by atoms with Gasteiger partial charge in [0.05, 0.1) is 22.0 Å². The van der Waals surface area contributed by atoms with Crippen LogP contribution in [0.5, 0.6) is 0 Å². The van der Waals surface area contributed by atoms with Crippen LogP contribution in [-0.2, 0) is 6.54 Å². The summed E-state index contributed by atoms with van der Waals surface area (Å²) >= 11 is 1.64. The molecule has 0 aliphatic rings. The maximum absolute atomic E-state index is 13.0. The number of halogens is 1. The quantitative estimate of drug-likeness (QED) is 0.796. The van der Waals surface area contributed by atoms with Gasteiger partial charge in [-0.25, -0.2) is 9.07 Å². The van der Waals surface area contributed by atoms with E-state index in [9.17, 15) is 4.39 Å². The van der Waals surface area contributed by atoms with Gasteiger partial charge in [0.2, 0.25) is 0 Å². The van der Waals surface area contributed by atoms with Crippen molar-refractivity contribution in [3.63, 3.8) is 0 Å². The fourth-order valence-corrected chi connectivity index (χ4v) is 2.64. The summed E-state index contributed by atoms with van der Waals surface area (Å²) in [6, 6.07) is 12.3. The van der Waals surface area contributed by atoms with E-state index < -0.39 is 0 Å². The van der Waals surface area contributed by atoms with Gasteiger partial charge in [-0.05, 0) is 41.8 Å².